The summed E-state index contributed by atoms with van der Waals surface area (Å²) < 4.78 is 0. The molecule has 40 heavy (non-hydrogen) atoms. The van der Waals surface area contributed by atoms with Crippen molar-refractivity contribution in [3.8, 4) is 0 Å². The molecule has 210 valence electrons. The van der Waals surface area contributed by atoms with E-state index >= 15 is 0 Å². The maximum atomic E-state index is 5.84. The van der Waals surface area contributed by atoms with Gasteiger partial charge in [-0.3, -0.25) is 0 Å². The summed E-state index contributed by atoms with van der Waals surface area (Å²) in [6, 6.07) is 21.9. The summed E-state index contributed by atoms with van der Waals surface area (Å²) in [4.78, 5) is 14.8. The monoisotopic (exact) mass is 554 g/mol. The molecule has 6 rings (SSSR count). The summed E-state index contributed by atoms with van der Waals surface area (Å²) in [5.41, 5.74) is 4.35. The minimum Gasteiger partial charge on any atom is -0.361 e. The van der Waals surface area contributed by atoms with E-state index in [1.807, 2.05) is 0 Å². The van der Waals surface area contributed by atoms with Crippen molar-refractivity contribution in [2.75, 3.05) is 41.3 Å². The Morgan fingerprint density at radius 1 is 0.900 bits per heavy atom. The first kappa shape index (κ1) is 27.0. The SMILES string of the molecule is C[C@@H]1CCCN(c2cc(N3CCc4ccccc4C3)nc(NC(=S)NCC3(c4ccccc4)CCCCC3)n2)C1. The van der Waals surface area contributed by atoms with Gasteiger partial charge >= 0.3 is 0 Å². The number of benzene rings is 2. The van der Waals surface area contributed by atoms with Gasteiger partial charge in [-0.05, 0) is 66.9 Å². The Bertz CT molecular complexity index is 1310. The van der Waals surface area contributed by atoms with Crippen LogP contribution in [0.15, 0.2) is 60.7 Å². The molecule has 3 heterocycles. The summed E-state index contributed by atoms with van der Waals surface area (Å²) in [5, 5.41) is 7.55. The number of thiocarbonyl (C=S) groups is 1. The highest BCUT2D eigenvalue weighted by molar-refractivity contribution is 7.80. The van der Waals surface area contributed by atoms with Crippen molar-refractivity contribution < 1.29 is 0 Å². The molecule has 0 spiro atoms. The summed E-state index contributed by atoms with van der Waals surface area (Å²) >= 11 is 5.84. The first-order chi connectivity index (χ1) is 19.6. The van der Waals surface area contributed by atoms with Crippen LogP contribution in [0.3, 0.4) is 0 Å². The van der Waals surface area contributed by atoms with E-state index in [0.717, 1.165) is 50.8 Å². The highest BCUT2D eigenvalue weighted by atomic mass is 32.1. The summed E-state index contributed by atoms with van der Waals surface area (Å²) in [6.45, 7) is 7.03. The normalized spacial score (nSPS) is 20.5. The van der Waals surface area contributed by atoms with E-state index in [1.165, 1.54) is 61.6 Å². The molecule has 1 saturated heterocycles. The molecule has 3 aromatic rings. The molecule has 7 heteroatoms. The van der Waals surface area contributed by atoms with Gasteiger partial charge in [-0.2, -0.15) is 9.97 Å². The van der Waals surface area contributed by atoms with Crippen LogP contribution >= 0.6 is 12.2 Å². The van der Waals surface area contributed by atoms with E-state index in [9.17, 15) is 0 Å². The molecule has 1 saturated carbocycles. The molecule has 1 aromatic heterocycles. The van der Waals surface area contributed by atoms with Crippen LogP contribution in [0.1, 0.15) is 68.6 Å². The Labute approximate surface area is 244 Å². The highest BCUT2D eigenvalue weighted by Crippen LogP contribution is 2.39. The average molecular weight is 555 g/mol. The third-order valence-corrected chi connectivity index (χ3v) is 9.39. The number of anilines is 3. The molecule has 0 amide bonds. The number of piperidine rings is 1. The molecule has 1 atom stereocenters. The van der Waals surface area contributed by atoms with Crippen LogP contribution in [0.2, 0.25) is 0 Å². The number of hydrogen-bond acceptors (Lipinski definition) is 5. The van der Waals surface area contributed by atoms with Crippen molar-refractivity contribution in [1.29, 1.82) is 0 Å². The lowest BCUT2D eigenvalue weighted by atomic mass is 9.69. The smallest absolute Gasteiger partial charge is 0.232 e. The molecule has 3 aliphatic rings. The average Bonchev–Trinajstić information content (AvgIpc) is 3.00. The quantitative estimate of drug-likeness (QED) is 0.339. The van der Waals surface area contributed by atoms with Crippen molar-refractivity contribution in [2.24, 2.45) is 5.92 Å². The van der Waals surface area contributed by atoms with Crippen LogP contribution in [0, 0.1) is 5.92 Å². The minimum absolute atomic E-state index is 0.115. The predicted octanol–water partition coefficient (Wildman–Crippen LogP) is 6.46. The zero-order valence-electron chi connectivity index (χ0n) is 23.7. The molecule has 0 unspecified atom stereocenters. The Kier molecular flexibility index (Phi) is 8.19. The van der Waals surface area contributed by atoms with Crippen molar-refractivity contribution in [3.63, 3.8) is 0 Å². The predicted molar refractivity (Wildman–Crippen MR) is 169 cm³/mol. The van der Waals surface area contributed by atoms with Crippen molar-refractivity contribution >= 4 is 34.9 Å². The number of nitrogens with zero attached hydrogens (tertiary/aromatic N) is 4. The van der Waals surface area contributed by atoms with E-state index in [0.29, 0.717) is 17.0 Å². The van der Waals surface area contributed by atoms with E-state index in [-0.39, 0.29) is 5.41 Å². The van der Waals surface area contributed by atoms with E-state index < -0.39 is 0 Å². The Morgan fingerprint density at radius 2 is 1.62 bits per heavy atom. The lowest BCUT2D eigenvalue weighted by molar-refractivity contribution is 0.292. The standard InChI is InChI=1S/C33H42N6S/c1-25-11-10-19-38(22-25)29-21-30(39-20-16-26-12-6-7-13-27(26)23-39)36-31(35-29)37-32(40)34-24-33(17-8-3-9-18-33)28-14-4-2-5-15-28/h2,4-7,12-15,21,25H,3,8-11,16-20,22-24H2,1H3,(H2,34,35,36,37,40)/t25-/m1/s1. The number of hydrogen-bond donors (Lipinski definition) is 2. The number of rotatable bonds is 6. The summed E-state index contributed by atoms with van der Waals surface area (Å²) in [6.07, 6.45) is 9.72. The van der Waals surface area contributed by atoms with Gasteiger partial charge in [0.15, 0.2) is 5.11 Å². The van der Waals surface area contributed by atoms with E-state index in [4.69, 9.17) is 22.2 Å². The molecular weight excluding hydrogens is 512 g/mol. The van der Waals surface area contributed by atoms with Crippen LogP contribution in [-0.2, 0) is 18.4 Å². The lowest BCUT2D eigenvalue weighted by Gasteiger charge is -2.38. The first-order valence-electron chi connectivity index (χ1n) is 15.1. The zero-order valence-corrected chi connectivity index (χ0v) is 24.6. The molecule has 0 radical (unpaired) electrons. The first-order valence-corrected chi connectivity index (χ1v) is 15.5. The number of nitrogens with one attached hydrogen (secondary N) is 2. The molecule has 2 aliphatic heterocycles. The van der Waals surface area contributed by atoms with Crippen LogP contribution in [0.25, 0.3) is 0 Å². The van der Waals surface area contributed by atoms with Crippen LogP contribution in [-0.4, -0.2) is 41.3 Å². The van der Waals surface area contributed by atoms with Gasteiger partial charge < -0.3 is 20.4 Å². The number of aromatic nitrogens is 2. The largest absolute Gasteiger partial charge is 0.361 e. The summed E-state index contributed by atoms with van der Waals surface area (Å²) in [7, 11) is 0. The van der Waals surface area contributed by atoms with Crippen LogP contribution in [0.5, 0.6) is 0 Å². The molecule has 2 N–H and O–H groups in total. The highest BCUT2D eigenvalue weighted by Gasteiger charge is 2.34. The second-order valence-electron chi connectivity index (χ2n) is 12.1. The fraction of sp³-hybridized carbons (Fsp3) is 0.485. The van der Waals surface area contributed by atoms with Gasteiger partial charge in [0, 0.05) is 44.2 Å². The van der Waals surface area contributed by atoms with Crippen LogP contribution in [0.4, 0.5) is 17.6 Å². The van der Waals surface area contributed by atoms with E-state index in [1.54, 1.807) is 0 Å². The van der Waals surface area contributed by atoms with Crippen molar-refractivity contribution in [2.45, 2.75) is 70.3 Å². The lowest BCUT2D eigenvalue weighted by Crippen LogP contribution is -2.43. The molecular formula is C33H42N6S. The maximum absolute atomic E-state index is 5.84. The van der Waals surface area contributed by atoms with Gasteiger partial charge in [0.1, 0.15) is 11.6 Å². The third kappa shape index (κ3) is 6.09. The zero-order chi connectivity index (χ0) is 27.4. The van der Waals surface area contributed by atoms with Gasteiger partial charge in [-0.15, -0.1) is 0 Å². The maximum Gasteiger partial charge on any atom is 0.232 e. The minimum atomic E-state index is 0.115. The Morgan fingerprint density at radius 3 is 2.40 bits per heavy atom. The van der Waals surface area contributed by atoms with Crippen molar-refractivity contribution in [1.82, 2.24) is 15.3 Å². The summed E-state index contributed by atoms with van der Waals surface area (Å²) in [5.74, 6) is 3.21. The molecule has 2 fully saturated rings. The fourth-order valence-electron chi connectivity index (χ4n) is 6.87. The molecule has 1 aliphatic carbocycles. The molecule has 6 nitrogen and oxygen atoms in total. The second kappa shape index (κ2) is 12.1. The second-order valence-corrected chi connectivity index (χ2v) is 12.5. The topological polar surface area (TPSA) is 56.3 Å². The Hall–Kier alpha value is -3.19. The van der Waals surface area contributed by atoms with Gasteiger partial charge in [0.25, 0.3) is 0 Å². The molecule has 0 bridgehead atoms. The third-order valence-electron chi connectivity index (χ3n) is 9.14. The van der Waals surface area contributed by atoms with Crippen molar-refractivity contribution in [3.05, 3.63) is 77.4 Å². The van der Waals surface area contributed by atoms with E-state index in [2.05, 4.69) is 88.0 Å². The fourth-order valence-corrected chi connectivity index (χ4v) is 7.04. The van der Waals surface area contributed by atoms with Gasteiger partial charge in [-0.1, -0.05) is 80.8 Å². The Balaban J connectivity index is 1.21. The number of fused-ring (bicyclic) bond motifs is 1. The van der Waals surface area contributed by atoms with Gasteiger partial charge in [0.2, 0.25) is 5.95 Å². The molecule has 2 aromatic carbocycles. The van der Waals surface area contributed by atoms with Gasteiger partial charge in [-0.25, -0.2) is 0 Å². The van der Waals surface area contributed by atoms with Gasteiger partial charge in [0.05, 0.1) is 0 Å². The van der Waals surface area contributed by atoms with Crippen LogP contribution < -0.4 is 20.4 Å².